The average molecular weight is 752 g/mol. The number of anilines is 1. The van der Waals surface area contributed by atoms with E-state index < -0.39 is 25.0 Å². The van der Waals surface area contributed by atoms with Gasteiger partial charge in [0.2, 0.25) is 5.78 Å². The Labute approximate surface area is 311 Å². The van der Waals surface area contributed by atoms with Crippen molar-refractivity contribution in [1.29, 1.82) is 0 Å². The number of carbonyl (C=O) groups excluding carboxylic acids is 1. The monoisotopic (exact) mass is 751 g/mol. The van der Waals surface area contributed by atoms with Crippen LogP contribution in [0.2, 0.25) is 54.4 Å². The Bertz CT molecular complexity index is 1620. The van der Waals surface area contributed by atoms with Crippen LogP contribution in [0.1, 0.15) is 90.3 Å². The molecule has 1 aliphatic carbocycles. The molecular weight excluding hydrogens is 687 g/mol. The summed E-state index contributed by atoms with van der Waals surface area (Å²) in [5.74, 6) is 0.352. The van der Waals surface area contributed by atoms with Gasteiger partial charge in [0.25, 0.3) is 0 Å². The Hall–Kier alpha value is -2.49. The Morgan fingerprint density at radius 1 is 0.824 bits per heavy atom. The van der Waals surface area contributed by atoms with Crippen molar-refractivity contribution < 1.29 is 18.1 Å². The smallest absolute Gasteiger partial charge is 0.218 e. The lowest BCUT2D eigenvalue weighted by Crippen LogP contribution is -2.54. The fraction of sp³-hybridized carbons (Fsp3) is 0.641. The van der Waals surface area contributed by atoms with Crippen molar-refractivity contribution in [2.75, 3.05) is 11.9 Å². The van der Waals surface area contributed by atoms with E-state index in [1.165, 1.54) is 6.33 Å². The first-order valence-corrected chi connectivity index (χ1v) is 27.2. The summed E-state index contributed by atoms with van der Waals surface area (Å²) in [7, 11) is -6.56. The van der Waals surface area contributed by atoms with Gasteiger partial charge in [-0.25, -0.2) is 9.97 Å². The zero-order valence-electron chi connectivity index (χ0n) is 34.0. The fourth-order valence-electron chi connectivity index (χ4n) is 5.54. The standard InChI is InChI=1S/C39H65N5O4Si3/c1-37(2,3)49(10,11)46-26-29-23-32(35(48-51(14,15)39(7,8)9)34(29)47-50(12,13)38(4,5)6)42-36-30(24-40-27-41-36)33(45)31-21-22-44(43-31)25-28-19-17-16-18-20-28/h16-22,24,27,29,32,34-35H,23,25-26H2,1-15H3,(H,40,41,42)/t29-,32-,34-,35-/m1/s1. The average Bonchev–Trinajstić information content (AvgIpc) is 3.59. The van der Waals surface area contributed by atoms with Crippen LogP contribution in [0.5, 0.6) is 0 Å². The molecule has 1 fully saturated rings. The molecule has 12 heteroatoms. The number of aromatic nitrogens is 4. The molecule has 9 nitrogen and oxygen atoms in total. The number of hydrogen-bond acceptors (Lipinski definition) is 8. The quantitative estimate of drug-likeness (QED) is 0.136. The molecule has 0 spiro atoms. The van der Waals surface area contributed by atoms with E-state index in [4.69, 9.17) is 13.3 Å². The molecular formula is C39H65N5O4Si3. The van der Waals surface area contributed by atoms with Crippen molar-refractivity contribution in [3.63, 3.8) is 0 Å². The van der Waals surface area contributed by atoms with Gasteiger partial charge in [-0.15, -0.1) is 0 Å². The zero-order chi connectivity index (χ0) is 38.2. The zero-order valence-corrected chi connectivity index (χ0v) is 37.0. The van der Waals surface area contributed by atoms with Crippen LogP contribution < -0.4 is 5.32 Å². The van der Waals surface area contributed by atoms with Crippen LogP contribution in [0.15, 0.2) is 55.1 Å². The van der Waals surface area contributed by atoms with Gasteiger partial charge in [-0.2, -0.15) is 5.10 Å². The minimum absolute atomic E-state index is 0.0105. The summed E-state index contributed by atoms with van der Waals surface area (Å²) in [6.07, 6.45) is 5.23. The molecule has 3 aromatic rings. The predicted octanol–water partition coefficient (Wildman–Crippen LogP) is 9.56. The van der Waals surface area contributed by atoms with Crippen LogP contribution in [0.4, 0.5) is 5.82 Å². The van der Waals surface area contributed by atoms with Crippen molar-refractivity contribution in [3.8, 4) is 0 Å². The highest BCUT2D eigenvalue weighted by Gasteiger charge is 2.53. The van der Waals surface area contributed by atoms with E-state index in [1.54, 1.807) is 16.9 Å². The molecule has 282 valence electrons. The van der Waals surface area contributed by atoms with Crippen molar-refractivity contribution in [2.24, 2.45) is 5.92 Å². The molecule has 1 aliphatic rings. The highest BCUT2D eigenvalue weighted by Crippen LogP contribution is 2.46. The predicted molar refractivity (Wildman–Crippen MR) is 216 cm³/mol. The molecule has 0 bridgehead atoms. The topological polar surface area (TPSA) is 100 Å². The molecule has 51 heavy (non-hydrogen) atoms. The first-order chi connectivity index (χ1) is 23.3. The van der Waals surface area contributed by atoms with E-state index in [0.717, 1.165) is 12.0 Å². The van der Waals surface area contributed by atoms with Gasteiger partial charge < -0.3 is 18.6 Å². The van der Waals surface area contributed by atoms with E-state index in [9.17, 15) is 4.79 Å². The SMILES string of the molecule is CC(C)(C)[Si](C)(C)OC[C@H]1C[C@@H](Nc2ncncc2C(=O)c2ccn(Cc3ccccc3)n2)[C@@H](O[Si](C)(C)C(C)(C)C)[C@@H]1O[Si](C)(C)C(C)(C)C. The third-order valence-corrected chi connectivity index (χ3v) is 25.5. The lowest BCUT2D eigenvalue weighted by molar-refractivity contribution is 0.0201. The van der Waals surface area contributed by atoms with Crippen LogP contribution in [0, 0.1) is 5.92 Å². The van der Waals surface area contributed by atoms with Crippen molar-refractivity contribution in [1.82, 2.24) is 19.7 Å². The summed E-state index contributed by atoms with van der Waals surface area (Å²) >= 11 is 0. The Kier molecular flexibility index (Phi) is 12.2. The second-order valence-electron chi connectivity index (χ2n) is 19.0. The fourth-order valence-corrected chi connectivity index (χ4v) is 9.30. The van der Waals surface area contributed by atoms with Crippen molar-refractivity contribution in [3.05, 3.63) is 71.9 Å². The Balaban J connectivity index is 1.72. The maximum atomic E-state index is 14.0. The largest absolute Gasteiger partial charge is 0.416 e. The van der Waals surface area contributed by atoms with Gasteiger partial charge in [0, 0.05) is 24.9 Å². The highest BCUT2D eigenvalue weighted by molar-refractivity contribution is 6.75. The van der Waals surface area contributed by atoms with E-state index in [2.05, 4.69) is 122 Å². The number of nitrogens with zero attached hydrogens (tertiary/aromatic N) is 4. The summed E-state index contributed by atoms with van der Waals surface area (Å²) in [6, 6.07) is 11.7. The molecule has 1 N–H and O–H groups in total. The molecule has 1 aromatic carbocycles. The number of carbonyl (C=O) groups is 1. The number of rotatable bonds is 13. The molecule has 0 aliphatic heterocycles. The van der Waals surface area contributed by atoms with Gasteiger partial charge in [0.05, 0.1) is 30.4 Å². The third-order valence-electron chi connectivity index (χ3n) is 12.0. The number of nitrogens with one attached hydrogen (secondary N) is 1. The molecule has 0 radical (unpaired) electrons. The van der Waals surface area contributed by atoms with E-state index in [-0.39, 0.29) is 45.1 Å². The van der Waals surface area contributed by atoms with Gasteiger partial charge in [-0.3, -0.25) is 9.48 Å². The Morgan fingerprint density at radius 2 is 1.39 bits per heavy atom. The Morgan fingerprint density at radius 3 is 1.96 bits per heavy atom. The number of ketones is 1. The minimum Gasteiger partial charge on any atom is -0.416 e. The maximum absolute atomic E-state index is 14.0. The molecule has 1 saturated carbocycles. The van der Waals surface area contributed by atoms with Gasteiger partial charge in [-0.05, 0) is 72.4 Å². The van der Waals surface area contributed by atoms with Crippen LogP contribution in [-0.4, -0.2) is 75.3 Å². The van der Waals surface area contributed by atoms with Crippen LogP contribution in [0.25, 0.3) is 0 Å². The van der Waals surface area contributed by atoms with Crippen molar-refractivity contribution >= 4 is 36.6 Å². The van der Waals surface area contributed by atoms with Gasteiger partial charge in [-0.1, -0.05) is 92.6 Å². The van der Waals surface area contributed by atoms with Gasteiger partial charge in [0.15, 0.2) is 25.0 Å². The first kappa shape index (κ1) is 41.3. The van der Waals surface area contributed by atoms with Crippen LogP contribution >= 0.6 is 0 Å². The summed E-state index contributed by atoms with van der Waals surface area (Å²) in [4.78, 5) is 22.9. The van der Waals surface area contributed by atoms with E-state index in [1.807, 2.05) is 36.5 Å². The van der Waals surface area contributed by atoms with Crippen LogP contribution in [-0.2, 0) is 19.8 Å². The molecule has 4 rings (SSSR count). The third kappa shape index (κ3) is 9.74. The van der Waals surface area contributed by atoms with E-state index in [0.29, 0.717) is 30.2 Å². The summed E-state index contributed by atoms with van der Waals surface area (Å²) in [5.41, 5.74) is 1.85. The number of benzene rings is 1. The normalized spacial score (nSPS) is 20.8. The lowest BCUT2D eigenvalue weighted by Gasteiger charge is -2.45. The molecule has 0 saturated heterocycles. The number of hydrogen-bond donors (Lipinski definition) is 1. The molecule has 2 aromatic heterocycles. The molecule has 4 atom stereocenters. The highest BCUT2D eigenvalue weighted by atomic mass is 28.4. The minimum atomic E-state index is -2.28. The first-order valence-electron chi connectivity index (χ1n) is 18.5. The summed E-state index contributed by atoms with van der Waals surface area (Å²) in [5, 5.41) is 8.45. The molecule has 0 amide bonds. The van der Waals surface area contributed by atoms with Gasteiger partial charge >= 0.3 is 0 Å². The van der Waals surface area contributed by atoms with Crippen LogP contribution in [0.3, 0.4) is 0 Å². The second kappa shape index (κ2) is 15.1. The maximum Gasteiger partial charge on any atom is 0.218 e. The van der Waals surface area contributed by atoms with Gasteiger partial charge in [0.1, 0.15) is 17.8 Å². The molecule has 2 heterocycles. The summed E-state index contributed by atoms with van der Waals surface area (Å²) < 4.78 is 23.5. The summed E-state index contributed by atoms with van der Waals surface area (Å²) in [6.45, 7) is 35.6. The van der Waals surface area contributed by atoms with Crippen molar-refractivity contribution in [2.45, 2.75) is 148 Å². The lowest BCUT2D eigenvalue weighted by atomic mass is 10.1. The second-order valence-corrected chi connectivity index (χ2v) is 33.3. The molecule has 0 unspecified atom stereocenters. The van der Waals surface area contributed by atoms with E-state index >= 15 is 0 Å².